The van der Waals surface area contributed by atoms with Crippen molar-refractivity contribution >= 4 is 34.2 Å². The molecular weight excluding hydrogens is 448 g/mol. The van der Waals surface area contributed by atoms with Crippen molar-refractivity contribution in [2.45, 2.75) is 37.6 Å². The Balaban J connectivity index is 1.58. The molecule has 0 unspecified atom stereocenters. The maximum absolute atomic E-state index is 14.4. The molecule has 0 N–H and O–H groups in total. The van der Waals surface area contributed by atoms with E-state index >= 15 is 0 Å². The first-order valence-corrected chi connectivity index (χ1v) is 12.5. The van der Waals surface area contributed by atoms with E-state index in [0.29, 0.717) is 41.3 Å². The van der Waals surface area contributed by atoms with Crippen LogP contribution in [0.3, 0.4) is 0 Å². The van der Waals surface area contributed by atoms with E-state index in [2.05, 4.69) is 0 Å². The minimum atomic E-state index is -0.922. The number of aromatic nitrogens is 3. The Kier molecular flexibility index (Phi) is 4.58. The van der Waals surface area contributed by atoms with E-state index in [1.165, 1.54) is 0 Å². The van der Waals surface area contributed by atoms with Crippen LogP contribution < -0.4 is 4.90 Å². The van der Waals surface area contributed by atoms with Gasteiger partial charge in [-0.05, 0) is 37.1 Å². The van der Waals surface area contributed by atoms with Crippen LogP contribution in [0.1, 0.15) is 52.8 Å². The number of anilines is 1. The molecule has 1 fully saturated rings. The summed E-state index contributed by atoms with van der Waals surface area (Å²) in [6.45, 7) is 0. The van der Waals surface area contributed by atoms with E-state index < -0.39 is 5.54 Å². The lowest BCUT2D eigenvalue weighted by Gasteiger charge is -2.39. The summed E-state index contributed by atoms with van der Waals surface area (Å²) in [6, 6.07) is 27.0. The van der Waals surface area contributed by atoms with Gasteiger partial charge >= 0.3 is 0 Å². The maximum atomic E-state index is 14.4. The summed E-state index contributed by atoms with van der Waals surface area (Å²) in [7, 11) is 0. The number of carbonyl (C=O) groups excluding carboxylic acids is 2. The first kappa shape index (κ1) is 21.0. The highest BCUT2D eigenvalue weighted by molar-refractivity contribution is 6.25. The van der Waals surface area contributed by atoms with E-state index in [9.17, 15) is 9.59 Å². The van der Waals surface area contributed by atoms with Crippen LogP contribution in [-0.4, -0.2) is 31.6 Å². The summed E-state index contributed by atoms with van der Waals surface area (Å²) < 4.78 is 1.98. The number of hydrogen-bond acceptors (Lipinski definition) is 4. The summed E-state index contributed by atoms with van der Waals surface area (Å²) in [4.78, 5) is 40.2. The molecule has 6 heteroatoms. The molecule has 2 aliphatic rings. The molecule has 5 aromatic rings. The van der Waals surface area contributed by atoms with Gasteiger partial charge in [0.25, 0.3) is 5.91 Å². The van der Waals surface area contributed by atoms with Crippen molar-refractivity contribution in [1.29, 1.82) is 0 Å². The van der Waals surface area contributed by atoms with Gasteiger partial charge in [0.15, 0.2) is 17.2 Å². The number of para-hydroxylation sites is 2. The number of rotatable bonds is 2. The number of carbonyl (C=O) groups is 2. The number of ketones is 1. The molecule has 1 aliphatic heterocycles. The fourth-order valence-electron chi connectivity index (χ4n) is 5.98. The molecule has 3 heterocycles. The first-order valence-electron chi connectivity index (χ1n) is 12.5. The van der Waals surface area contributed by atoms with Crippen LogP contribution in [0.25, 0.3) is 28.1 Å². The molecular formula is C30H24N4O2. The fourth-order valence-corrected chi connectivity index (χ4v) is 5.98. The van der Waals surface area contributed by atoms with Crippen LogP contribution in [0, 0.1) is 0 Å². The standard InChI is InChI=1S/C30H24N4O2/c35-25-24-27-31-22-16-8-9-17-23(22)33(27)26(20-12-4-1-5-13-20)32-28(24)34(30(25)18-10-3-11-19-30)29(36)21-14-6-2-7-15-21/h1-2,4-9,12-17H,3,10-11,18-19H2. The molecule has 0 radical (unpaired) electrons. The number of benzene rings is 3. The Morgan fingerprint density at radius 3 is 2.19 bits per heavy atom. The zero-order valence-corrected chi connectivity index (χ0v) is 19.7. The van der Waals surface area contributed by atoms with Gasteiger partial charge in [-0.2, -0.15) is 0 Å². The predicted octanol–water partition coefficient (Wildman–Crippen LogP) is 6.10. The first-order chi connectivity index (χ1) is 17.7. The smallest absolute Gasteiger partial charge is 0.260 e. The summed E-state index contributed by atoms with van der Waals surface area (Å²) in [5, 5.41) is 0. The highest BCUT2D eigenvalue weighted by Crippen LogP contribution is 2.48. The predicted molar refractivity (Wildman–Crippen MR) is 139 cm³/mol. The lowest BCUT2D eigenvalue weighted by atomic mass is 9.78. The van der Waals surface area contributed by atoms with Crippen molar-refractivity contribution in [3.63, 3.8) is 0 Å². The van der Waals surface area contributed by atoms with E-state index in [-0.39, 0.29) is 11.7 Å². The number of fused-ring (bicyclic) bond motifs is 5. The van der Waals surface area contributed by atoms with Gasteiger partial charge < -0.3 is 0 Å². The molecule has 7 rings (SSSR count). The Bertz CT molecular complexity index is 1650. The third-order valence-corrected chi connectivity index (χ3v) is 7.66. The van der Waals surface area contributed by atoms with Crippen molar-refractivity contribution in [2.24, 2.45) is 0 Å². The molecule has 0 bridgehead atoms. The quantitative estimate of drug-likeness (QED) is 0.312. The lowest BCUT2D eigenvalue weighted by Crippen LogP contribution is -2.54. The van der Waals surface area contributed by atoms with Gasteiger partial charge in [0.1, 0.15) is 16.9 Å². The van der Waals surface area contributed by atoms with Crippen molar-refractivity contribution < 1.29 is 9.59 Å². The van der Waals surface area contributed by atoms with Crippen molar-refractivity contribution in [3.05, 3.63) is 96.1 Å². The summed E-state index contributed by atoms with van der Waals surface area (Å²) in [6.07, 6.45) is 4.12. The molecule has 0 atom stereocenters. The topological polar surface area (TPSA) is 67.6 Å². The minimum absolute atomic E-state index is 0.0334. The van der Waals surface area contributed by atoms with Crippen molar-refractivity contribution in [1.82, 2.24) is 14.4 Å². The average Bonchev–Trinajstić information content (AvgIpc) is 3.43. The molecule has 1 saturated carbocycles. The van der Waals surface area contributed by atoms with Gasteiger partial charge in [-0.15, -0.1) is 0 Å². The molecule has 3 aromatic carbocycles. The molecule has 6 nitrogen and oxygen atoms in total. The van der Waals surface area contributed by atoms with Crippen LogP contribution in [0.15, 0.2) is 84.9 Å². The van der Waals surface area contributed by atoms with Gasteiger partial charge in [0.05, 0.1) is 11.0 Å². The highest BCUT2D eigenvalue weighted by Gasteiger charge is 2.56. The molecule has 1 spiro atoms. The monoisotopic (exact) mass is 472 g/mol. The Morgan fingerprint density at radius 1 is 0.778 bits per heavy atom. The third kappa shape index (κ3) is 2.84. The van der Waals surface area contributed by atoms with E-state index in [0.717, 1.165) is 35.9 Å². The van der Waals surface area contributed by atoms with Crippen LogP contribution in [-0.2, 0) is 0 Å². The van der Waals surface area contributed by atoms with E-state index in [1.54, 1.807) is 4.90 Å². The minimum Gasteiger partial charge on any atom is -0.291 e. The Hall–Kier alpha value is -4.32. The molecule has 2 aromatic heterocycles. The number of Topliss-reactive ketones (excluding diaryl/α,β-unsaturated/α-hetero) is 1. The average molecular weight is 473 g/mol. The van der Waals surface area contributed by atoms with Gasteiger partial charge in [-0.25, -0.2) is 9.97 Å². The summed E-state index contributed by atoms with van der Waals surface area (Å²) in [5.74, 6) is 0.882. The van der Waals surface area contributed by atoms with Crippen molar-refractivity contribution in [2.75, 3.05) is 4.90 Å². The lowest BCUT2D eigenvalue weighted by molar-refractivity contribution is 0.0803. The largest absolute Gasteiger partial charge is 0.291 e. The Labute approximate surface area is 208 Å². The second-order valence-corrected chi connectivity index (χ2v) is 9.69. The number of amides is 1. The van der Waals surface area contributed by atoms with Crippen LogP contribution >= 0.6 is 0 Å². The van der Waals surface area contributed by atoms with Crippen LogP contribution in [0.5, 0.6) is 0 Å². The Morgan fingerprint density at radius 2 is 1.44 bits per heavy atom. The molecule has 36 heavy (non-hydrogen) atoms. The van der Waals surface area contributed by atoms with Gasteiger partial charge in [0, 0.05) is 11.1 Å². The zero-order valence-electron chi connectivity index (χ0n) is 19.7. The van der Waals surface area contributed by atoms with Crippen molar-refractivity contribution in [3.8, 4) is 11.4 Å². The van der Waals surface area contributed by atoms with Gasteiger partial charge in [-0.1, -0.05) is 79.9 Å². The summed E-state index contributed by atoms with van der Waals surface area (Å²) >= 11 is 0. The highest BCUT2D eigenvalue weighted by atomic mass is 16.2. The van der Waals surface area contributed by atoms with E-state index in [1.807, 2.05) is 89.3 Å². The third-order valence-electron chi connectivity index (χ3n) is 7.66. The molecule has 176 valence electrons. The van der Waals surface area contributed by atoms with Gasteiger partial charge in [0.2, 0.25) is 0 Å². The van der Waals surface area contributed by atoms with Gasteiger partial charge in [-0.3, -0.25) is 18.9 Å². The number of imidazole rings is 1. The molecule has 1 aliphatic carbocycles. The molecule has 0 saturated heterocycles. The fraction of sp³-hybridized carbons (Fsp3) is 0.200. The SMILES string of the molecule is O=C(c1ccccc1)N1c2nc(-c3ccccc3)n3c(nc4ccccc43)c2C(=O)C12CCCCC2. The summed E-state index contributed by atoms with van der Waals surface area (Å²) in [5.41, 5.74) is 3.24. The van der Waals surface area contributed by atoms with E-state index in [4.69, 9.17) is 9.97 Å². The maximum Gasteiger partial charge on any atom is 0.260 e. The second-order valence-electron chi connectivity index (χ2n) is 9.69. The normalized spacial score (nSPS) is 16.7. The second kappa shape index (κ2) is 7.85. The zero-order chi connectivity index (χ0) is 24.3. The molecule has 1 amide bonds. The number of nitrogens with zero attached hydrogens (tertiary/aromatic N) is 4. The van der Waals surface area contributed by atoms with Crippen LogP contribution in [0.4, 0.5) is 5.82 Å². The van der Waals surface area contributed by atoms with Crippen LogP contribution in [0.2, 0.25) is 0 Å². The number of hydrogen-bond donors (Lipinski definition) is 0.